The first-order valence-electron chi connectivity index (χ1n) is 8.17. The van der Waals surface area contributed by atoms with Crippen LogP contribution in [0, 0.1) is 0 Å². The summed E-state index contributed by atoms with van der Waals surface area (Å²) in [5, 5.41) is 9.12. The highest BCUT2D eigenvalue weighted by atomic mass is 32.2. The van der Waals surface area contributed by atoms with Crippen LogP contribution < -0.4 is 4.74 Å². The summed E-state index contributed by atoms with van der Waals surface area (Å²) in [7, 11) is -3.24. The Balaban J connectivity index is 1.80. The van der Waals surface area contributed by atoms with Gasteiger partial charge in [-0.3, -0.25) is 4.79 Å². The maximum absolute atomic E-state index is 12.3. The normalized spacial score (nSPS) is 15.4. The van der Waals surface area contributed by atoms with Gasteiger partial charge in [-0.15, -0.1) is 0 Å². The van der Waals surface area contributed by atoms with Crippen LogP contribution in [0.3, 0.4) is 0 Å². The Morgan fingerprint density at radius 3 is 2.36 bits per heavy atom. The van der Waals surface area contributed by atoms with Crippen LogP contribution in [0.5, 0.6) is 5.75 Å². The lowest BCUT2D eigenvalue weighted by Gasteiger charge is -2.26. The number of carbonyl (C=O) groups excluding carboxylic acids is 1. The standard InChI is InChI=1S/C17H23NO6S/c1-12(17(20)21)18(13-5-6-13)16(19)4-3-11-24-14-7-9-15(10-8-14)25(2,22)23/h7-10,12-13H,3-6,11H2,1-2H3,(H,20,21). The topological polar surface area (TPSA) is 101 Å². The summed E-state index contributed by atoms with van der Waals surface area (Å²) in [6.07, 6.45) is 3.52. The molecule has 25 heavy (non-hydrogen) atoms. The second kappa shape index (κ2) is 7.86. The molecule has 0 radical (unpaired) electrons. The third-order valence-corrected chi connectivity index (χ3v) is 5.19. The summed E-state index contributed by atoms with van der Waals surface area (Å²) < 4.78 is 28.3. The first-order valence-corrected chi connectivity index (χ1v) is 10.1. The van der Waals surface area contributed by atoms with E-state index in [-0.39, 0.29) is 23.3 Å². The molecular formula is C17H23NO6S. The fraction of sp³-hybridized carbons (Fsp3) is 0.529. The minimum Gasteiger partial charge on any atom is -0.494 e. The van der Waals surface area contributed by atoms with Gasteiger partial charge in [0.1, 0.15) is 11.8 Å². The van der Waals surface area contributed by atoms with E-state index in [9.17, 15) is 18.0 Å². The number of aliphatic carboxylic acids is 1. The SMILES string of the molecule is CC(C(=O)O)N(C(=O)CCCOc1ccc(S(C)(=O)=O)cc1)C1CC1. The Morgan fingerprint density at radius 1 is 1.28 bits per heavy atom. The molecule has 1 saturated carbocycles. The van der Waals surface area contributed by atoms with Crippen molar-refractivity contribution < 1.29 is 27.9 Å². The van der Waals surface area contributed by atoms with Crippen LogP contribution in [-0.4, -0.2) is 55.2 Å². The van der Waals surface area contributed by atoms with E-state index in [4.69, 9.17) is 9.84 Å². The molecule has 1 atom stereocenters. The van der Waals surface area contributed by atoms with Gasteiger partial charge in [0, 0.05) is 18.7 Å². The summed E-state index contributed by atoms with van der Waals surface area (Å²) >= 11 is 0. The molecule has 7 nitrogen and oxygen atoms in total. The highest BCUT2D eigenvalue weighted by Crippen LogP contribution is 2.29. The van der Waals surface area contributed by atoms with Gasteiger partial charge in [0.15, 0.2) is 9.84 Å². The number of carboxylic acids is 1. The van der Waals surface area contributed by atoms with Gasteiger partial charge >= 0.3 is 5.97 Å². The molecule has 1 aliphatic rings. The number of ether oxygens (including phenoxy) is 1. The maximum Gasteiger partial charge on any atom is 0.326 e. The Labute approximate surface area is 147 Å². The highest BCUT2D eigenvalue weighted by Gasteiger charge is 2.37. The van der Waals surface area contributed by atoms with Crippen molar-refractivity contribution in [2.45, 2.75) is 49.6 Å². The molecule has 0 heterocycles. The fourth-order valence-electron chi connectivity index (χ4n) is 2.53. The quantitative estimate of drug-likeness (QED) is 0.665. The van der Waals surface area contributed by atoms with Gasteiger partial charge in [-0.2, -0.15) is 0 Å². The number of rotatable bonds is 9. The van der Waals surface area contributed by atoms with Crippen molar-refractivity contribution in [3.63, 3.8) is 0 Å². The van der Waals surface area contributed by atoms with Crippen molar-refractivity contribution >= 4 is 21.7 Å². The first kappa shape index (κ1) is 19.2. The van der Waals surface area contributed by atoms with Crippen LogP contribution in [0.4, 0.5) is 0 Å². The molecule has 0 saturated heterocycles. The van der Waals surface area contributed by atoms with Crippen molar-refractivity contribution in [3.8, 4) is 5.75 Å². The molecule has 1 aromatic rings. The molecule has 0 aliphatic heterocycles. The smallest absolute Gasteiger partial charge is 0.326 e. The van der Waals surface area contributed by atoms with Crippen molar-refractivity contribution in [1.82, 2.24) is 4.90 Å². The van der Waals surface area contributed by atoms with Gasteiger partial charge in [0.2, 0.25) is 5.91 Å². The zero-order valence-electron chi connectivity index (χ0n) is 14.3. The average molecular weight is 369 g/mol. The van der Waals surface area contributed by atoms with E-state index in [0.717, 1.165) is 19.1 Å². The third-order valence-electron chi connectivity index (χ3n) is 4.06. The van der Waals surface area contributed by atoms with E-state index in [1.807, 2.05) is 0 Å². The minimum absolute atomic E-state index is 0.0445. The Hall–Kier alpha value is -2.09. The lowest BCUT2D eigenvalue weighted by molar-refractivity contribution is -0.150. The van der Waals surface area contributed by atoms with E-state index in [0.29, 0.717) is 18.8 Å². The molecule has 2 rings (SSSR count). The van der Waals surface area contributed by atoms with Crippen LogP contribution in [0.1, 0.15) is 32.6 Å². The molecule has 0 bridgehead atoms. The highest BCUT2D eigenvalue weighted by molar-refractivity contribution is 7.90. The predicted molar refractivity (Wildman–Crippen MR) is 91.2 cm³/mol. The number of carbonyl (C=O) groups is 2. The summed E-state index contributed by atoms with van der Waals surface area (Å²) in [5.74, 6) is -0.645. The molecular weight excluding hydrogens is 346 g/mol. The average Bonchev–Trinajstić information content (AvgIpc) is 3.36. The summed E-state index contributed by atoms with van der Waals surface area (Å²) in [5.41, 5.74) is 0. The number of hydrogen-bond acceptors (Lipinski definition) is 5. The molecule has 1 amide bonds. The van der Waals surface area contributed by atoms with Crippen LogP contribution in [0.15, 0.2) is 29.2 Å². The van der Waals surface area contributed by atoms with Crippen molar-refractivity contribution in [3.05, 3.63) is 24.3 Å². The Bertz CT molecular complexity index is 724. The van der Waals surface area contributed by atoms with Crippen LogP contribution >= 0.6 is 0 Å². The number of sulfone groups is 1. The molecule has 0 aromatic heterocycles. The van der Waals surface area contributed by atoms with E-state index in [1.165, 1.54) is 24.0 Å². The van der Waals surface area contributed by atoms with E-state index in [2.05, 4.69) is 0 Å². The molecule has 138 valence electrons. The number of benzene rings is 1. The molecule has 1 N–H and O–H groups in total. The molecule has 1 unspecified atom stereocenters. The van der Waals surface area contributed by atoms with Gasteiger partial charge in [-0.25, -0.2) is 13.2 Å². The largest absolute Gasteiger partial charge is 0.494 e. The van der Waals surface area contributed by atoms with Gasteiger partial charge in [0.05, 0.1) is 11.5 Å². The number of nitrogens with zero attached hydrogens (tertiary/aromatic N) is 1. The maximum atomic E-state index is 12.3. The molecule has 0 spiro atoms. The third kappa shape index (κ3) is 5.45. The molecule has 1 fully saturated rings. The summed E-state index contributed by atoms with van der Waals surface area (Å²) in [6.45, 7) is 1.82. The summed E-state index contributed by atoms with van der Waals surface area (Å²) in [6, 6.07) is 5.31. The first-order chi connectivity index (χ1) is 11.7. The van der Waals surface area contributed by atoms with Crippen LogP contribution in [0.25, 0.3) is 0 Å². The molecule has 1 aromatic carbocycles. The second-order valence-electron chi connectivity index (χ2n) is 6.24. The molecule has 1 aliphatic carbocycles. The van der Waals surface area contributed by atoms with Gasteiger partial charge in [-0.05, 0) is 50.5 Å². The van der Waals surface area contributed by atoms with Crippen LogP contribution in [-0.2, 0) is 19.4 Å². The Kier molecular flexibility index (Phi) is 6.05. The predicted octanol–water partition coefficient (Wildman–Crippen LogP) is 1.71. The van der Waals surface area contributed by atoms with Gasteiger partial charge < -0.3 is 14.7 Å². The van der Waals surface area contributed by atoms with E-state index in [1.54, 1.807) is 12.1 Å². The van der Waals surface area contributed by atoms with Gasteiger partial charge in [-0.1, -0.05) is 0 Å². The van der Waals surface area contributed by atoms with E-state index >= 15 is 0 Å². The van der Waals surface area contributed by atoms with Crippen LogP contribution in [0.2, 0.25) is 0 Å². The minimum atomic E-state index is -3.24. The molecule has 8 heteroatoms. The van der Waals surface area contributed by atoms with Gasteiger partial charge in [0.25, 0.3) is 0 Å². The number of amides is 1. The zero-order valence-corrected chi connectivity index (χ0v) is 15.2. The Morgan fingerprint density at radius 2 is 1.88 bits per heavy atom. The fourth-order valence-corrected chi connectivity index (χ4v) is 3.16. The monoisotopic (exact) mass is 369 g/mol. The van der Waals surface area contributed by atoms with Crippen molar-refractivity contribution in [1.29, 1.82) is 0 Å². The number of carboxylic acid groups (broad SMARTS) is 1. The van der Waals surface area contributed by atoms with E-state index < -0.39 is 21.8 Å². The lowest BCUT2D eigenvalue weighted by atomic mass is 10.2. The zero-order chi connectivity index (χ0) is 18.6. The number of hydrogen-bond donors (Lipinski definition) is 1. The lowest BCUT2D eigenvalue weighted by Crippen LogP contribution is -2.44. The van der Waals surface area contributed by atoms with Crippen molar-refractivity contribution in [2.75, 3.05) is 12.9 Å². The van der Waals surface area contributed by atoms with Crippen molar-refractivity contribution in [2.24, 2.45) is 0 Å². The summed E-state index contributed by atoms with van der Waals surface area (Å²) in [4.78, 5) is 25.1. The second-order valence-corrected chi connectivity index (χ2v) is 8.26.